The van der Waals surface area contributed by atoms with Gasteiger partial charge in [0.15, 0.2) is 0 Å². The summed E-state index contributed by atoms with van der Waals surface area (Å²) in [6.07, 6.45) is 3.41. The van der Waals surface area contributed by atoms with Crippen LogP contribution in [-0.2, 0) is 6.54 Å². The molecular weight excluding hydrogens is 466 g/mol. The van der Waals surface area contributed by atoms with Gasteiger partial charge in [-0.25, -0.2) is 4.98 Å². The molecule has 1 saturated heterocycles. The first-order chi connectivity index (χ1) is 17.0. The van der Waals surface area contributed by atoms with Crippen LogP contribution in [0.1, 0.15) is 17.0 Å². The van der Waals surface area contributed by atoms with Crippen molar-refractivity contribution in [3.05, 3.63) is 58.7 Å². The maximum absolute atomic E-state index is 9.24. The molecule has 3 aromatic heterocycles. The quantitative estimate of drug-likeness (QED) is 0.399. The first kappa shape index (κ1) is 23.5. The van der Waals surface area contributed by atoms with Gasteiger partial charge >= 0.3 is 0 Å². The Morgan fingerprint density at radius 3 is 2.63 bits per heavy atom. The van der Waals surface area contributed by atoms with E-state index in [1.165, 1.54) is 0 Å². The largest absolute Gasteiger partial charge is 0.395 e. The highest BCUT2D eigenvalue weighted by atomic mass is 35.5. The van der Waals surface area contributed by atoms with Crippen LogP contribution in [0, 0.1) is 13.8 Å². The second kappa shape index (κ2) is 10.2. The van der Waals surface area contributed by atoms with Crippen molar-refractivity contribution in [2.45, 2.75) is 20.4 Å². The van der Waals surface area contributed by atoms with Crippen LogP contribution in [0.25, 0.3) is 22.0 Å². The lowest BCUT2D eigenvalue weighted by Crippen LogP contribution is -2.47. The van der Waals surface area contributed by atoms with Gasteiger partial charge in [-0.1, -0.05) is 22.8 Å². The minimum atomic E-state index is 0.173. The number of aromatic nitrogens is 4. The molecule has 0 radical (unpaired) electrons. The highest BCUT2D eigenvalue weighted by Gasteiger charge is 2.21. The molecule has 1 aliphatic heterocycles. The summed E-state index contributed by atoms with van der Waals surface area (Å²) >= 11 is 6.13. The number of hydrogen-bond donors (Lipinski definition) is 2. The topological polar surface area (TPSA) is 103 Å². The second-order valence-electron chi connectivity index (χ2n) is 8.72. The van der Waals surface area contributed by atoms with E-state index in [0.717, 1.165) is 71.0 Å². The van der Waals surface area contributed by atoms with Crippen molar-refractivity contribution in [3.63, 3.8) is 0 Å². The zero-order valence-electron chi connectivity index (χ0n) is 19.8. The normalized spacial score (nSPS) is 14.6. The molecule has 5 rings (SSSR count). The van der Waals surface area contributed by atoms with Crippen molar-refractivity contribution in [3.8, 4) is 11.1 Å². The molecule has 4 aromatic rings. The van der Waals surface area contributed by atoms with E-state index in [2.05, 4.69) is 37.4 Å². The Labute approximate surface area is 208 Å². The molecule has 4 heterocycles. The number of aliphatic hydroxyl groups is 1. The molecule has 0 spiro atoms. The number of pyridine rings is 1. The van der Waals surface area contributed by atoms with Crippen LogP contribution in [0.15, 0.2) is 41.2 Å². The van der Waals surface area contributed by atoms with E-state index in [9.17, 15) is 5.11 Å². The molecule has 182 valence electrons. The van der Waals surface area contributed by atoms with Gasteiger partial charge in [-0.2, -0.15) is 4.98 Å². The molecule has 9 nitrogen and oxygen atoms in total. The lowest BCUT2D eigenvalue weighted by Gasteiger charge is -2.34. The van der Waals surface area contributed by atoms with Gasteiger partial charge in [0.2, 0.25) is 5.95 Å². The van der Waals surface area contributed by atoms with E-state index in [1.54, 1.807) is 12.4 Å². The van der Waals surface area contributed by atoms with Crippen LogP contribution in [-0.4, -0.2) is 69.4 Å². The molecule has 2 N–H and O–H groups in total. The number of nitrogens with zero attached hydrogens (tertiary/aromatic N) is 6. The SMILES string of the molecule is Cc1noc(C)c1-c1ccc2nc(N3CCN(CCO)CC3)nc(NCc3cncc(Cl)c3)c2c1. The number of β-amino-alcohol motifs (C(OH)–C–C–N with tert-alkyl or cyclic N) is 1. The maximum Gasteiger partial charge on any atom is 0.227 e. The van der Waals surface area contributed by atoms with Crippen molar-refractivity contribution in [1.82, 2.24) is 25.0 Å². The fraction of sp³-hybridized carbons (Fsp3) is 0.360. The number of halogens is 1. The van der Waals surface area contributed by atoms with E-state index < -0.39 is 0 Å². The van der Waals surface area contributed by atoms with Crippen molar-refractivity contribution in [2.75, 3.05) is 49.5 Å². The highest BCUT2D eigenvalue weighted by molar-refractivity contribution is 6.30. The smallest absolute Gasteiger partial charge is 0.227 e. The number of rotatable bonds is 7. The number of nitrogens with one attached hydrogen (secondary N) is 1. The van der Waals surface area contributed by atoms with Crippen molar-refractivity contribution < 1.29 is 9.63 Å². The number of benzene rings is 1. The standard InChI is InChI=1S/C25H28ClN7O2/c1-16-23(17(2)35-31-16)19-3-4-22-21(12-19)24(28-14-18-11-20(26)15-27-13-18)30-25(29-22)33-7-5-32(6-8-33)9-10-34/h3-4,11-13,15,34H,5-10,14H2,1-2H3,(H,28,29,30). The average Bonchev–Trinajstić information content (AvgIpc) is 3.20. The molecule has 1 aromatic carbocycles. The molecule has 1 fully saturated rings. The molecule has 0 saturated carbocycles. The number of aliphatic hydroxyl groups excluding tert-OH is 1. The van der Waals surface area contributed by atoms with Crippen molar-refractivity contribution >= 4 is 34.3 Å². The Kier molecular flexibility index (Phi) is 6.81. The number of fused-ring (bicyclic) bond motifs is 1. The zero-order valence-corrected chi connectivity index (χ0v) is 20.6. The monoisotopic (exact) mass is 493 g/mol. The first-order valence-corrected chi connectivity index (χ1v) is 12.1. The van der Waals surface area contributed by atoms with Crippen LogP contribution in [0.4, 0.5) is 11.8 Å². The molecule has 1 aliphatic rings. The summed E-state index contributed by atoms with van der Waals surface area (Å²) in [5.41, 5.74) is 4.66. The third-order valence-corrected chi connectivity index (χ3v) is 6.51. The highest BCUT2D eigenvalue weighted by Crippen LogP contribution is 2.32. The van der Waals surface area contributed by atoms with Gasteiger partial charge in [0, 0.05) is 62.6 Å². The van der Waals surface area contributed by atoms with Gasteiger partial charge in [0.05, 0.1) is 22.8 Å². The second-order valence-corrected chi connectivity index (χ2v) is 9.16. The van der Waals surface area contributed by atoms with Crippen LogP contribution in [0.2, 0.25) is 5.02 Å². The fourth-order valence-corrected chi connectivity index (χ4v) is 4.69. The number of anilines is 2. The summed E-state index contributed by atoms with van der Waals surface area (Å²) in [5, 5.41) is 18.3. The fourth-order valence-electron chi connectivity index (χ4n) is 4.49. The summed E-state index contributed by atoms with van der Waals surface area (Å²) in [5.74, 6) is 2.22. The zero-order chi connectivity index (χ0) is 24.4. The summed E-state index contributed by atoms with van der Waals surface area (Å²) in [6, 6.07) is 8.05. The molecule has 0 aliphatic carbocycles. The first-order valence-electron chi connectivity index (χ1n) is 11.7. The number of piperazine rings is 1. The third kappa shape index (κ3) is 5.07. The lowest BCUT2D eigenvalue weighted by atomic mass is 10.0. The molecule has 35 heavy (non-hydrogen) atoms. The predicted octanol–water partition coefficient (Wildman–Crippen LogP) is 3.68. The average molecular weight is 494 g/mol. The van der Waals surface area contributed by atoms with Crippen LogP contribution in [0.5, 0.6) is 0 Å². The van der Waals surface area contributed by atoms with Gasteiger partial charge in [-0.3, -0.25) is 9.88 Å². The summed E-state index contributed by atoms with van der Waals surface area (Å²) in [4.78, 5) is 18.5. The molecule has 0 amide bonds. The molecule has 0 atom stereocenters. The van der Waals surface area contributed by atoms with Crippen molar-refractivity contribution in [2.24, 2.45) is 0 Å². The van der Waals surface area contributed by atoms with E-state index in [0.29, 0.717) is 24.1 Å². The minimum absolute atomic E-state index is 0.173. The summed E-state index contributed by atoms with van der Waals surface area (Å²) in [6.45, 7) is 8.59. The van der Waals surface area contributed by atoms with Gasteiger partial charge < -0.3 is 19.8 Å². The van der Waals surface area contributed by atoms with Crippen LogP contribution >= 0.6 is 11.6 Å². The Balaban J connectivity index is 1.51. The lowest BCUT2D eigenvalue weighted by molar-refractivity contribution is 0.188. The molecule has 10 heteroatoms. The number of aryl methyl sites for hydroxylation is 2. The van der Waals surface area contributed by atoms with Crippen LogP contribution < -0.4 is 10.2 Å². The Morgan fingerprint density at radius 2 is 1.91 bits per heavy atom. The molecule has 0 bridgehead atoms. The van der Waals surface area contributed by atoms with Crippen molar-refractivity contribution in [1.29, 1.82) is 0 Å². The van der Waals surface area contributed by atoms with Gasteiger partial charge in [0.1, 0.15) is 11.6 Å². The predicted molar refractivity (Wildman–Crippen MR) is 137 cm³/mol. The van der Waals surface area contributed by atoms with Gasteiger partial charge in [-0.05, 0) is 43.2 Å². The van der Waals surface area contributed by atoms with Gasteiger partial charge in [-0.15, -0.1) is 0 Å². The Morgan fingerprint density at radius 1 is 1.09 bits per heavy atom. The van der Waals surface area contributed by atoms with E-state index >= 15 is 0 Å². The Bertz CT molecular complexity index is 1320. The maximum atomic E-state index is 9.24. The van der Waals surface area contributed by atoms with E-state index in [1.807, 2.05) is 26.0 Å². The molecule has 0 unspecified atom stereocenters. The Hall–Kier alpha value is -3.27. The third-order valence-electron chi connectivity index (χ3n) is 6.30. The summed E-state index contributed by atoms with van der Waals surface area (Å²) in [7, 11) is 0. The van der Waals surface area contributed by atoms with Crippen LogP contribution in [0.3, 0.4) is 0 Å². The van der Waals surface area contributed by atoms with E-state index in [4.69, 9.17) is 26.1 Å². The van der Waals surface area contributed by atoms with Gasteiger partial charge in [0.25, 0.3) is 0 Å². The summed E-state index contributed by atoms with van der Waals surface area (Å²) < 4.78 is 5.39. The number of hydrogen-bond acceptors (Lipinski definition) is 9. The van der Waals surface area contributed by atoms with E-state index in [-0.39, 0.29) is 6.61 Å². The minimum Gasteiger partial charge on any atom is -0.395 e. The molecular formula is C25H28ClN7O2.